The lowest BCUT2D eigenvalue weighted by molar-refractivity contribution is -0.124. The molecule has 3 aromatic rings. The van der Waals surface area contributed by atoms with Crippen molar-refractivity contribution in [3.05, 3.63) is 81.1 Å². The number of rotatable bonds is 5. The summed E-state index contributed by atoms with van der Waals surface area (Å²) in [6, 6.07) is 16.2. The molecule has 6 rings (SSSR count). The summed E-state index contributed by atoms with van der Waals surface area (Å²) < 4.78 is 2.15. The Labute approximate surface area is 232 Å². The minimum atomic E-state index is -0.166. The van der Waals surface area contributed by atoms with E-state index in [-0.39, 0.29) is 17.5 Å². The first kappa shape index (κ1) is 25.3. The number of thiocarbonyl (C=S) groups is 1. The topological polar surface area (TPSA) is 61.2 Å². The predicted octanol–water partition coefficient (Wildman–Crippen LogP) is 4.55. The Bertz CT molecular complexity index is 1440. The average Bonchev–Trinajstić information content (AvgIpc) is 3.24. The van der Waals surface area contributed by atoms with E-state index in [4.69, 9.17) is 17.2 Å². The van der Waals surface area contributed by atoms with E-state index in [0.717, 1.165) is 58.4 Å². The van der Waals surface area contributed by atoms with Gasteiger partial charge in [0.05, 0.1) is 10.5 Å². The van der Waals surface area contributed by atoms with Crippen LogP contribution in [0.2, 0.25) is 0 Å². The second-order valence-corrected chi connectivity index (χ2v) is 11.9. The number of anilines is 1. The smallest absolute Gasteiger partial charge is 0.267 e. The van der Waals surface area contributed by atoms with E-state index in [1.54, 1.807) is 21.6 Å². The lowest BCUT2D eigenvalue weighted by Gasteiger charge is -2.36. The highest BCUT2D eigenvalue weighted by Gasteiger charge is 2.38. The number of hydrogen-bond donors (Lipinski definition) is 0. The van der Waals surface area contributed by atoms with E-state index in [0.29, 0.717) is 26.3 Å². The second-order valence-electron chi connectivity index (χ2n) is 10.2. The normalized spacial score (nSPS) is 20.7. The van der Waals surface area contributed by atoms with E-state index in [1.807, 2.05) is 24.3 Å². The van der Waals surface area contributed by atoms with Crippen molar-refractivity contribution in [3.63, 3.8) is 0 Å². The lowest BCUT2D eigenvalue weighted by Crippen LogP contribution is -2.47. The molecule has 3 fully saturated rings. The molecule has 0 bridgehead atoms. The third kappa shape index (κ3) is 5.02. The SMILES string of the molecule is O=C1C(=Cc2c(N3CCN(Cc4ccccc4)CC3)nc3ccccn3c2=O)SC(=S)N1C1CCCCC1. The number of benzene rings is 1. The van der Waals surface area contributed by atoms with Gasteiger partial charge in [-0.05, 0) is 36.6 Å². The van der Waals surface area contributed by atoms with Gasteiger partial charge in [-0.3, -0.25) is 23.8 Å². The van der Waals surface area contributed by atoms with Crippen LogP contribution in [0.4, 0.5) is 5.82 Å². The molecule has 3 aliphatic rings. The van der Waals surface area contributed by atoms with Crippen molar-refractivity contribution in [2.75, 3.05) is 31.1 Å². The Morgan fingerprint density at radius 1 is 0.947 bits per heavy atom. The molecular weight excluding hydrogens is 514 g/mol. The fourth-order valence-electron chi connectivity index (χ4n) is 5.68. The van der Waals surface area contributed by atoms with Gasteiger partial charge in [-0.2, -0.15) is 0 Å². The van der Waals surface area contributed by atoms with Crippen molar-refractivity contribution in [2.45, 2.75) is 44.7 Å². The van der Waals surface area contributed by atoms with Gasteiger partial charge in [0.25, 0.3) is 11.5 Å². The number of pyridine rings is 1. The van der Waals surface area contributed by atoms with Crippen LogP contribution in [0, 0.1) is 0 Å². The van der Waals surface area contributed by atoms with Gasteiger partial charge < -0.3 is 4.90 Å². The molecule has 2 aliphatic heterocycles. The van der Waals surface area contributed by atoms with Crippen molar-refractivity contribution < 1.29 is 4.79 Å². The summed E-state index contributed by atoms with van der Waals surface area (Å²) in [4.78, 5) is 39.1. The third-order valence-corrected chi connectivity index (χ3v) is 9.04. The van der Waals surface area contributed by atoms with Crippen LogP contribution in [0.5, 0.6) is 0 Å². The van der Waals surface area contributed by atoms with Crippen LogP contribution >= 0.6 is 24.0 Å². The Morgan fingerprint density at radius 3 is 2.45 bits per heavy atom. The molecule has 2 saturated heterocycles. The standard InChI is InChI=1S/C29H31N5O2S2/c35-27-23(19-24-28(36)34(29(37)38-24)22-11-5-2-6-12-22)26(30-25-13-7-8-14-33(25)27)32-17-15-31(16-18-32)20-21-9-3-1-4-10-21/h1,3-4,7-10,13-14,19,22H,2,5-6,11-12,15-18,20H2. The maximum Gasteiger partial charge on any atom is 0.267 e. The summed E-state index contributed by atoms with van der Waals surface area (Å²) in [5.74, 6) is 0.562. The number of thioether (sulfide) groups is 1. The molecular formula is C29H31N5O2S2. The van der Waals surface area contributed by atoms with Gasteiger partial charge in [-0.15, -0.1) is 0 Å². The van der Waals surface area contributed by atoms with Gasteiger partial charge in [0.2, 0.25) is 0 Å². The second kappa shape index (κ2) is 11.0. The molecule has 2 aromatic heterocycles. The van der Waals surface area contributed by atoms with Crippen LogP contribution in [-0.4, -0.2) is 61.6 Å². The first-order valence-corrected chi connectivity index (χ1v) is 14.6. The fourth-order valence-corrected chi connectivity index (χ4v) is 7.06. The van der Waals surface area contributed by atoms with Crippen LogP contribution in [0.15, 0.2) is 64.4 Å². The molecule has 1 aliphatic carbocycles. The monoisotopic (exact) mass is 545 g/mol. The van der Waals surface area contributed by atoms with E-state index >= 15 is 0 Å². The molecule has 1 aromatic carbocycles. The molecule has 1 saturated carbocycles. The Kier molecular flexibility index (Phi) is 7.32. The molecule has 4 heterocycles. The zero-order chi connectivity index (χ0) is 26.1. The number of aromatic nitrogens is 2. The van der Waals surface area contributed by atoms with E-state index < -0.39 is 0 Å². The Balaban J connectivity index is 1.31. The minimum absolute atomic E-state index is 0.0805. The summed E-state index contributed by atoms with van der Waals surface area (Å²) in [7, 11) is 0. The maximum absolute atomic E-state index is 13.7. The van der Waals surface area contributed by atoms with Crippen LogP contribution in [-0.2, 0) is 11.3 Å². The van der Waals surface area contributed by atoms with Crippen LogP contribution < -0.4 is 10.5 Å². The van der Waals surface area contributed by atoms with Gasteiger partial charge in [-0.1, -0.05) is 79.6 Å². The zero-order valence-electron chi connectivity index (χ0n) is 21.3. The molecule has 0 spiro atoms. The summed E-state index contributed by atoms with van der Waals surface area (Å²) in [5.41, 5.74) is 2.18. The quantitative estimate of drug-likeness (QED) is 0.344. The zero-order valence-corrected chi connectivity index (χ0v) is 22.9. The summed E-state index contributed by atoms with van der Waals surface area (Å²) in [6.45, 7) is 4.15. The maximum atomic E-state index is 13.7. The highest BCUT2D eigenvalue weighted by molar-refractivity contribution is 8.26. The lowest BCUT2D eigenvalue weighted by atomic mass is 9.94. The summed E-state index contributed by atoms with van der Waals surface area (Å²) in [5, 5.41) is 0. The van der Waals surface area contributed by atoms with Gasteiger partial charge in [0, 0.05) is 45.0 Å². The average molecular weight is 546 g/mol. The highest BCUT2D eigenvalue weighted by Crippen LogP contribution is 2.37. The third-order valence-electron chi connectivity index (χ3n) is 7.71. The van der Waals surface area contributed by atoms with Crippen molar-refractivity contribution in [1.82, 2.24) is 19.2 Å². The Morgan fingerprint density at radius 2 is 1.68 bits per heavy atom. The van der Waals surface area contributed by atoms with E-state index in [1.165, 1.54) is 23.7 Å². The number of amides is 1. The van der Waals surface area contributed by atoms with E-state index in [2.05, 4.69) is 34.1 Å². The summed E-state index contributed by atoms with van der Waals surface area (Å²) in [6.07, 6.45) is 8.90. The van der Waals surface area contributed by atoms with Crippen LogP contribution in [0.1, 0.15) is 43.2 Å². The Hall–Kier alpha value is -3.01. The van der Waals surface area contributed by atoms with Gasteiger partial charge in [0.15, 0.2) is 0 Å². The van der Waals surface area contributed by atoms with E-state index in [9.17, 15) is 9.59 Å². The molecule has 0 atom stereocenters. The first-order valence-electron chi connectivity index (χ1n) is 13.4. The molecule has 0 radical (unpaired) electrons. The van der Waals surface area contributed by atoms with Gasteiger partial charge >= 0.3 is 0 Å². The van der Waals surface area contributed by atoms with Crippen LogP contribution in [0.3, 0.4) is 0 Å². The van der Waals surface area contributed by atoms with Crippen molar-refractivity contribution >= 4 is 51.7 Å². The van der Waals surface area contributed by atoms with Crippen molar-refractivity contribution in [3.8, 4) is 0 Å². The fraction of sp³-hybridized carbons (Fsp3) is 0.379. The summed E-state index contributed by atoms with van der Waals surface area (Å²) >= 11 is 6.95. The number of carbonyl (C=O) groups excluding carboxylic acids is 1. The molecule has 196 valence electrons. The predicted molar refractivity (Wildman–Crippen MR) is 157 cm³/mol. The number of carbonyl (C=O) groups is 1. The first-order chi connectivity index (χ1) is 18.6. The number of hydrogen-bond acceptors (Lipinski definition) is 7. The molecule has 0 N–H and O–H groups in total. The van der Waals surface area contributed by atoms with Crippen LogP contribution in [0.25, 0.3) is 11.7 Å². The molecule has 0 unspecified atom stereocenters. The molecule has 38 heavy (non-hydrogen) atoms. The molecule has 9 heteroatoms. The molecule has 7 nitrogen and oxygen atoms in total. The highest BCUT2D eigenvalue weighted by atomic mass is 32.2. The van der Waals surface area contributed by atoms with Gasteiger partial charge in [-0.25, -0.2) is 4.98 Å². The van der Waals surface area contributed by atoms with Crippen molar-refractivity contribution in [2.24, 2.45) is 0 Å². The van der Waals surface area contributed by atoms with Gasteiger partial charge in [0.1, 0.15) is 15.8 Å². The number of fused-ring (bicyclic) bond motifs is 1. The van der Waals surface area contributed by atoms with Crippen molar-refractivity contribution in [1.29, 1.82) is 0 Å². The largest absolute Gasteiger partial charge is 0.353 e. The molecule has 1 amide bonds. The number of piperazine rings is 1. The minimum Gasteiger partial charge on any atom is -0.353 e. The number of nitrogens with zero attached hydrogens (tertiary/aromatic N) is 5.